The Morgan fingerprint density at radius 3 is 3.29 bits per heavy atom. The van der Waals surface area contributed by atoms with Crippen LogP contribution in [-0.4, -0.2) is 44.1 Å². The quantitative estimate of drug-likeness (QED) is 0.870. The fourth-order valence-corrected chi connectivity index (χ4v) is 3.22. The molecule has 0 amide bonds. The first kappa shape index (κ1) is 12.7. The highest BCUT2D eigenvalue weighted by atomic mass is 16.5. The summed E-state index contributed by atoms with van der Waals surface area (Å²) in [4.78, 5) is 6.52. The van der Waals surface area contributed by atoms with Gasteiger partial charge in [0.2, 0.25) is 0 Å². The minimum Gasteiger partial charge on any atom is -0.383 e. The lowest BCUT2D eigenvalue weighted by molar-refractivity contribution is -0.0704. The van der Waals surface area contributed by atoms with E-state index >= 15 is 0 Å². The van der Waals surface area contributed by atoms with Gasteiger partial charge in [0.15, 0.2) is 0 Å². The minimum atomic E-state index is 0.172. The first-order chi connectivity index (χ1) is 10.3. The number of nitrogen functional groups attached to an aromatic ring is 1. The molecule has 2 aliphatic rings. The van der Waals surface area contributed by atoms with E-state index in [4.69, 9.17) is 10.5 Å². The Balaban J connectivity index is 1.48. The van der Waals surface area contributed by atoms with Crippen molar-refractivity contribution in [3.05, 3.63) is 35.8 Å². The molecule has 110 valence electrons. The molecule has 1 saturated heterocycles. The molecule has 0 unspecified atom stereocenters. The van der Waals surface area contributed by atoms with Crippen molar-refractivity contribution < 1.29 is 4.74 Å². The van der Waals surface area contributed by atoms with Crippen molar-refractivity contribution in [2.24, 2.45) is 0 Å². The number of rotatable bonds is 2. The van der Waals surface area contributed by atoms with Crippen LogP contribution in [0.2, 0.25) is 0 Å². The second kappa shape index (κ2) is 5.09. The molecule has 0 aromatic carbocycles. The van der Waals surface area contributed by atoms with Crippen LogP contribution in [0.1, 0.15) is 23.7 Å². The van der Waals surface area contributed by atoms with Gasteiger partial charge in [0, 0.05) is 31.4 Å². The molecule has 21 heavy (non-hydrogen) atoms. The number of pyridine rings is 1. The lowest BCUT2D eigenvalue weighted by Gasteiger charge is -2.41. The third-order valence-electron chi connectivity index (χ3n) is 4.34. The van der Waals surface area contributed by atoms with Gasteiger partial charge in [-0.2, -0.15) is 0 Å². The summed E-state index contributed by atoms with van der Waals surface area (Å²) in [5, 5.41) is 8.19. The Kier molecular flexibility index (Phi) is 3.08. The zero-order valence-electron chi connectivity index (χ0n) is 11.7. The van der Waals surface area contributed by atoms with Gasteiger partial charge in [-0.15, -0.1) is 5.10 Å². The van der Waals surface area contributed by atoms with Crippen LogP contribution in [0.15, 0.2) is 24.5 Å². The maximum absolute atomic E-state index is 5.98. The highest BCUT2D eigenvalue weighted by Gasteiger charge is 2.36. The maximum atomic E-state index is 5.98. The molecule has 7 heteroatoms. The van der Waals surface area contributed by atoms with E-state index in [1.165, 1.54) is 0 Å². The summed E-state index contributed by atoms with van der Waals surface area (Å²) >= 11 is 0. The zero-order valence-corrected chi connectivity index (χ0v) is 11.7. The van der Waals surface area contributed by atoms with Crippen LogP contribution >= 0.6 is 0 Å². The summed E-state index contributed by atoms with van der Waals surface area (Å²) in [6, 6.07) is 4.27. The van der Waals surface area contributed by atoms with Crippen molar-refractivity contribution in [2.45, 2.75) is 31.7 Å². The number of hydrogen-bond donors (Lipinski definition) is 1. The van der Waals surface area contributed by atoms with Gasteiger partial charge >= 0.3 is 0 Å². The number of piperidine rings is 1. The first-order valence-corrected chi connectivity index (χ1v) is 7.23. The third-order valence-corrected chi connectivity index (χ3v) is 4.34. The summed E-state index contributed by atoms with van der Waals surface area (Å²) in [6.45, 7) is 3.30. The normalized spacial score (nSPS) is 25.3. The molecule has 2 atom stereocenters. The van der Waals surface area contributed by atoms with Gasteiger partial charge in [0.1, 0.15) is 5.82 Å². The fraction of sp³-hybridized carbons (Fsp3) is 0.500. The molecule has 1 fully saturated rings. The van der Waals surface area contributed by atoms with Crippen LogP contribution < -0.4 is 5.73 Å². The lowest BCUT2D eigenvalue weighted by Crippen LogP contribution is -2.48. The first-order valence-electron chi connectivity index (χ1n) is 7.23. The van der Waals surface area contributed by atoms with Gasteiger partial charge in [-0.05, 0) is 12.5 Å². The Labute approximate surface area is 122 Å². The van der Waals surface area contributed by atoms with E-state index in [2.05, 4.69) is 20.2 Å². The molecule has 0 aliphatic carbocycles. The molecular formula is C14H18N6O. The monoisotopic (exact) mass is 286 g/mol. The van der Waals surface area contributed by atoms with E-state index in [9.17, 15) is 0 Å². The molecule has 4 rings (SSSR count). The average Bonchev–Trinajstić information content (AvgIpc) is 2.98. The van der Waals surface area contributed by atoms with Crippen LogP contribution in [0.3, 0.4) is 0 Å². The van der Waals surface area contributed by atoms with Crippen molar-refractivity contribution in [3.63, 3.8) is 0 Å². The Hall–Kier alpha value is -1.99. The maximum Gasteiger partial charge on any atom is 0.127 e. The molecule has 2 aromatic rings. The Morgan fingerprint density at radius 1 is 1.43 bits per heavy atom. The van der Waals surface area contributed by atoms with Crippen LogP contribution in [0.25, 0.3) is 0 Å². The second-order valence-electron chi connectivity index (χ2n) is 5.66. The predicted octanol–water partition coefficient (Wildman–Crippen LogP) is 0.601. The van der Waals surface area contributed by atoms with E-state index < -0.39 is 0 Å². The fourth-order valence-electron chi connectivity index (χ4n) is 3.22. The van der Waals surface area contributed by atoms with E-state index in [1.807, 2.05) is 16.8 Å². The number of nitrogens with two attached hydrogens (primary N) is 1. The number of aromatic nitrogens is 4. The molecule has 2 aliphatic heterocycles. The molecule has 0 spiro atoms. The van der Waals surface area contributed by atoms with Gasteiger partial charge in [0.25, 0.3) is 0 Å². The SMILES string of the molecule is Nc1ncccc1CN1CC[C@H]2[C@H](C1)OCc1cnnn12. The number of fused-ring (bicyclic) bond motifs is 3. The number of hydrogen-bond acceptors (Lipinski definition) is 6. The summed E-state index contributed by atoms with van der Waals surface area (Å²) in [6.07, 6.45) is 4.70. The van der Waals surface area contributed by atoms with Crippen molar-refractivity contribution in [2.75, 3.05) is 18.8 Å². The Bertz CT molecular complexity index is 642. The molecule has 7 nitrogen and oxygen atoms in total. The van der Waals surface area contributed by atoms with Crippen molar-refractivity contribution in [1.29, 1.82) is 0 Å². The van der Waals surface area contributed by atoms with E-state index in [0.29, 0.717) is 18.5 Å². The molecule has 2 aromatic heterocycles. The van der Waals surface area contributed by atoms with Crippen LogP contribution in [0, 0.1) is 0 Å². The number of likely N-dealkylation sites (tertiary alicyclic amines) is 1. The van der Waals surface area contributed by atoms with Gasteiger partial charge in [-0.25, -0.2) is 9.67 Å². The second-order valence-corrected chi connectivity index (χ2v) is 5.66. The van der Waals surface area contributed by atoms with E-state index in [0.717, 1.165) is 37.3 Å². The molecule has 4 heterocycles. The summed E-state index contributed by atoms with van der Waals surface area (Å²) in [5.41, 5.74) is 8.08. The van der Waals surface area contributed by atoms with Crippen molar-refractivity contribution in [3.8, 4) is 0 Å². The van der Waals surface area contributed by atoms with Crippen molar-refractivity contribution in [1.82, 2.24) is 24.9 Å². The molecular weight excluding hydrogens is 268 g/mol. The van der Waals surface area contributed by atoms with Crippen molar-refractivity contribution >= 4 is 5.82 Å². The summed E-state index contributed by atoms with van der Waals surface area (Å²) in [7, 11) is 0. The highest BCUT2D eigenvalue weighted by Crippen LogP contribution is 2.31. The lowest BCUT2D eigenvalue weighted by atomic mass is 9.99. The number of anilines is 1. The molecule has 0 radical (unpaired) electrons. The van der Waals surface area contributed by atoms with E-state index in [1.54, 1.807) is 12.4 Å². The standard InChI is InChI=1S/C14H18N6O/c15-14-10(2-1-4-16-14)7-19-5-3-12-13(8-19)21-9-11-6-17-18-20(11)12/h1-2,4,6,12-13H,3,5,7-9H2,(H2,15,16)/t12-,13-/m0/s1. The Morgan fingerprint density at radius 2 is 2.38 bits per heavy atom. The van der Waals surface area contributed by atoms with Crippen LogP contribution in [0.4, 0.5) is 5.82 Å². The zero-order chi connectivity index (χ0) is 14.2. The molecule has 2 N–H and O–H groups in total. The van der Waals surface area contributed by atoms with Crippen LogP contribution in [-0.2, 0) is 17.9 Å². The largest absolute Gasteiger partial charge is 0.383 e. The summed E-state index contributed by atoms with van der Waals surface area (Å²) < 4.78 is 8.01. The summed E-state index contributed by atoms with van der Waals surface area (Å²) in [5.74, 6) is 0.614. The van der Waals surface area contributed by atoms with Crippen LogP contribution in [0.5, 0.6) is 0 Å². The predicted molar refractivity (Wildman–Crippen MR) is 76.2 cm³/mol. The topological polar surface area (TPSA) is 82.1 Å². The number of nitrogens with zero attached hydrogens (tertiary/aromatic N) is 5. The van der Waals surface area contributed by atoms with Gasteiger partial charge < -0.3 is 10.5 Å². The minimum absolute atomic E-state index is 0.172. The van der Waals surface area contributed by atoms with Gasteiger partial charge in [0.05, 0.1) is 30.6 Å². The third kappa shape index (κ3) is 2.28. The smallest absolute Gasteiger partial charge is 0.127 e. The molecule has 0 saturated carbocycles. The molecule has 0 bridgehead atoms. The highest BCUT2D eigenvalue weighted by molar-refractivity contribution is 5.38. The number of ether oxygens (including phenoxy) is 1. The van der Waals surface area contributed by atoms with Gasteiger partial charge in [-0.3, -0.25) is 4.90 Å². The van der Waals surface area contributed by atoms with Gasteiger partial charge in [-0.1, -0.05) is 11.3 Å². The average molecular weight is 286 g/mol. The van der Waals surface area contributed by atoms with E-state index in [-0.39, 0.29) is 6.10 Å².